The van der Waals surface area contributed by atoms with E-state index in [2.05, 4.69) is 0 Å². The monoisotopic (exact) mass is 546 g/mol. The number of allylic oxidation sites excluding steroid dienone is 1. The van der Waals surface area contributed by atoms with Gasteiger partial charge < -0.3 is 25.5 Å². The van der Waals surface area contributed by atoms with Crippen LogP contribution in [0.25, 0.3) is 16.9 Å². The van der Waals surface area contributed by atoms with Gasteiger partial charge in [-0.3, -0.25) is 14.4 Å². The first kappa shape index (κ1) is 27.8. The van der Waals surface area contributed by atoms with Crippen molar-refractivity contribution in [3.63, 3.8) is 0 Å². The zero-order chi connectivity index (χ0) is 29.7. The van der Waals surface area contributed by atoms with Crippen molar-refractivity contribution >= 4 is 23.1 Å². The Balaban J connectivity index is 1.92. The fourth-order valence-electron chi connectivity index (χ4n) is 7.86. The maximum Gasteiger partial charge on any atom is 0.203 e. The van der Waals surface area contributed by atoms with Gasteiger partial charge in [0, 0.05) is 22.3 Å². The van der Waals surface area contributed by atoms with Crippen molar-refractivity contribution in [2.24, 2.45) is 22.7 Å². The van der Waals surface area contributed by atoms with Gasteiger partial charge in [0.25, 0.3) is 0 Å². The smallest absolute Gasteiger partial charge is 0.203 e. The first-order valence-electron chi connectivity index (χ1n) is 13.3. The van der Waals surface area contributed by atoms with Gasteiger partial charge in [-0.15, -0.1) is 0 Å². The predicted octanol–water partition coefficient (Wildman–Crippen LogP) is 4.52. The highest BCUT2D eigenvalue weighted by Crippen LogP contribution is 2.69. The summed E-state index contributed by atoms with van der Waals surface area (Å²) in [5.41, 5.74) is -7.74. The van der Waals surface area contributed by atoms with Gasteiger partial charge in [-0.25, -0.2) is 0 Å². The van der Waals surface area contributed by atoms with Crippen molar-refractivity contribution < 1.29 is 39.9 Å². The molecule has 0 spiro atoms. The van der Waals surface area contributed by atoms with E-state index in [-0.39, 0.29) is 17.5 Å². The van der Waals surface area contributed by atoms with Gasteiger partial charge in [0.2, 0.25) is 5.78 Å². The second kappa shape index (κ2) is 8.38. The second-order valence-electron chi connectivity index (χ2n) is 12.4. The maximum absolute atomic E-state index is 14.5. The summed E-state index contributed by atoms with van der Waals surface area (Å²) in [5, 5.41) is 58.6. The van der Waals surface area contributed by atoms with Crippen molar-refractivity contribution in [3.8, 4) is 16.9 Å². The number of Topliss-reactive ketones (excluding diaryl/α,β-unsaturated/α-hetero) is 3. The Kier molecular flexibility index (Phi) is 5.82. The Morgan fingerprint density at radius 1 is 0.950 bits per heavy atom. The lowest BCUT2D eigenvalue weighted by atomic mass is 9.41. The molecule has 0 aliphatic heterocycles. The number of aromatic hydroxyl groups is 1. The van der Waals surface area contributed by atoms with E-state index in [0.717, 1.165) is 6.92 Å². The first-order chi connectivity index (χ1) is 18.5. The fraction of sp³-hybridized carbons (Fsp3) is 0.406. The van der Waals surface area contributed by atoms with Crippen molar-refractivity contribution in [1.29, 1.82) is 0 Å². The molecule has 5 rings (SSSR count). The summed E-state index contributed by atoms with van der Waals surface area (Å²) < 4.78 is 0. The molecule has 40 heavy (non-hydrogen) atoms. The summed E-state index contributed by atoms with van der Waals surface area (Å²) in [6, 6.07) is 12.0. The van der Waals surface area contributed by atoms with E-state index in [4.69, 9.17) is 0 Å². The summed E-state index contributed by atoms with van der Waals surface area (Å²) in [6.07, 6.45) is -0.220. The largest absolute Gasteiger partial charge is 0.508 e. The van der Waals surface area contributed by atoms with Gasteiger partial charge in [-0.1, -0.05) is 64.1 Å². The summed E-state index contributed by atoms with van der Waals surface area (Å²) >= 11 is 0. The van der Waals surface area contributed by atoms with Crippen LogP contribution in [0.3, 0.4) is 0 Å². The average Bonchev–Trinajstić information content (AvgIpc) is 2.85. The lowest BCUT2D eigenvalue weighted by molar-refractivity contribution is -0.193. The van der Waals surface area contributed by atoms with Crippen LogP contribution in [0.4, 0.5) is 0 Å². The van der Waals surface area contributed by atoms with Gasteiger partial charge in [0.15, 0.2) is 17.2 Å². The molecule has 5 atom stereocenters. The third-order valence-corrected chi connectivity index (χ3v) is 9.77. The molecular formula is C32H34O8. The number of phenols is 1. The van der Waals surface area contributed by atoms with Crippen molar-refractivity contribution in [2.75, 3.05) is 0 Å². The number of hydrogen-bond donors (Lipinski definition) is 5. The van der Waals surface area contributed by atoms with Gasteiger partial charge in [0.05, 0.1) is 16.7 Å². The summed E-state index contributed by atoms with van der Waals surface area (Å²) in [5.74, 6) is -6.24. The van der Waals surface area contributed by atoms with E-state index in [1.165, 1.54) is 19.9 Å². The molecule has 8 heteroatoms. The van der Waals surface area contributed by atoms with E-state index in [0.29, 0.717) is 11.1 Å². The normalized spacial score (nSPS) is 33.6. The van der Waals surface area contributed by atoms with Crippen LogP contribution in [0.2, 0.25) is 0 Å². The van der Waals surface area contributed by atoms with E-state index in [9.17, 15) is 39.9 Å². The molecule has 0 heterocycles. The molecule has 2 aromatic rings. The third kappa shape index (κ3) is 3.06. The van der Waals surface area contributed by atoms with E-state index < -0.39 is 79.6 Å². The molecule has 3 aliphatic carbocycles. The van der Waals surface area contributed by atoms with Gasteiger partial charge in [-0.2, -0.15) is 0 Å². The highest BCUT2D eigenvalue weighted by atomic mass is 16.4. The van der Waals surface area contributed by atoms with Crippen LogP contribution >= 0.6 is 0 Å². The molecule has 8 nitrogen and oxygen atoms in total. The van der Waals surface area contributed by atoms with Crippen LogP contribution in [-0.2, 0) is 20.0 Å². The van der Waals surface area contributed by atoms with Crippen molar-refractivity contribution in [3.05, 3.63) is 70.5 Å². The van der Waals surface area contributed by atoms with E-state index >= 15 is 0 Å². The molecule has 0 aromatic heterocycles. The molecule has 210 valence electrons. The number of aliphatic hydroxyl groups excluding tert-OH is 2. The second-order valence-corrected chi connectivity index (χ2v) is 12.4. The predicted molar refractivity (Wildman–Crippen MR) is 147 cm³/mol. The number of aliphatic hydroxyl groups is 4. The number of fused-ring (bicyclic) bond motifs is 3. The Morgan fingerprint density at radius 3 is 2.10 bits per heavy atom. The minimum absolute atomic E-state index is 0.165. The average molecular weight is 547 g/mol. The summed E-state index contributed by atoms with van der Waals surface area (Å²) in [7, 11) is 0. The number of carbonyl (C=O) groups is 3. The minimum Gasteiger partial charge on any atom is -0.508 e. The van der Waals surface area contributed by atoms with E-state index in [1.54, 1.807) is 26.8 Å². The number of ketones is 3. The van der Waals surface area contributed by atoms with Crippen LogP contribution in [0.1, 0.15) is 59.1 Å². The molecule has 0 saturated heterocycles. The Bertz CT molecular complexity index is 1560. The Labute approximate surface area is 232 Å². The lowest BCUT2D eigenvalue weighted by Gasteiger charge is -2.62. The molecule has 3 aliphatic rings. The number of benzene rings is 2. The standard InChI is InChI=1S/C32H34O8/c1-15(2)22-25(35)20(16(3)33)27(37)32(40)28(38)24-26(36)21-19(34)13-12-18(17-10-8-7-9-11-17)23(21)31(6,39)29(24,4)14-30(22,32)5/h7-13,15,22,34,36-37,39-40H,14H2,1-6H3/t22?,29-,30-,31?,32+/m1/s1. The molecular weight excluding hydrogens is 512 g/mol. The van der Waals surface area contributed by atoms with Crippen LogP contribution < -0.4 is 0 Å². The van der Waals surface area contributed by atoms with Crippen LogP contribution in [0.15, 0.2) is 59.4 Å². The zero-order valence-corrected chi connectivity index (χ0v) is 23.4. The zero-order valence-electron chi connectivity index (χ0n) is 23.4. The molecule has 1 saturated carbocycles. The molecule has 2 unspecified atom stereocenters. The number of carbonyl (C=O) groups excluding carboxylic acids is 3. The summed E-state index contributed by atoms with van der Waals surface area (Å²) in [6.45, 7) is 9.09. The Morgan fingerprint density at radius 2 is 1.55 bits per heavy atom. The molecule has 5 N–H and O–H groups in total. The molecule has 1 fully saturated rings. The minimum atomic E-state index is -2.75. The highest BCUT2D eigenvalue weighted by molar-refractivity contribution is 6.24. The summed E-state index contributed by atoms with van der Waals surface area (Å²) in [4.78, 5) is 40.7. The molecule has 0 radical (unpaired) electrons. The van der Waals surface area contributed by atoms with Crippen molar-refractivity contribution in [1.82, 2.24) is 0 Å². The topological polar surface area (TPSA) is 152 Å². The Hall–Kier alpha value is -3.75. The third-order valence-electron chi connectivity index (χ3n) is 9.77. The number of phenolic OH excluding ortho intramolecular Hbond substituents is 1. The van der Waals surface area contributed by atoms with Gasteiger partial charge >= 0.3 is 0 Å². The van der Waals surface area contributed by atoms with Crippen molar-refractivity contribution in [2.45, 2.75) is 59.2 Å². The van der Waals surface area contributed by atoms with Crippen LogP contribution in [-0.4, -0.2) is 48.5 Å². The fourth-order valence-corrected chi connectivity index (χ4v) is 7.86. The quantitative estimate of drug-likeness (QED) is 0.352. The molecule has 0 bridgehead atoms. The van der Waals surface area contributed by atoms with Gasteiger partial charge in [-0.05, 0) is 43.4 Å². The first-order valence-corrected chi connectivity index (χ1v) is 13.3. The maximum atomic E-state index is 14.5. The van der Waals surface area contributed by atoms with Crippen LogP contribution in [0, 0.1) is 22.7 Å². The lowest BCUT2D eigenvalue weighted by Crippen LogP contribution is -2.71. The van der Waals surface area contributed by atoms with Crippen LogP contribution in [0.5, 0.6) is 5.75 Å². The van der Waals surface area contributed by atoms with E-state index in [1.807, 2.05) is 30.3 Å². The highest BCUT2D eigenvalue weighted by Gasteiger charge is 2.75. The number of hydrogen-bond acceptors (Lipinski definition) is 8. The SMILES string of the molecule is CC(=O)C1=C(O)[C@]2(O)C(=O)C3=C(O)c4c(O)ccc(-c5ccccc5)c4C(C)(O)[C@]3(C)C[C@]2(C)C(C(C)C)C1=O. The molecule has 0 amide bonds. The van der Waals surface area contributed by atoms with Gasteiger partial charge in [0.1, 0.15) is 22.8 Å². The molecule has 2 aromatic carbocycles. The number of rotatable bonds is 3.